The zero-order valence-electron chi connectivity index (χ0n) is 22.1. The number of aromatic carboxylic acids is 2. The summed E-state index contributed by atoms with van der Waals surface area (Å²) in [6.07, 6.45) is 0. The van der Waals surface area contributed by atoms with E-state index in [1.54, 1.807) is 17.0 Å². The second-order valence-electron chi connectivity index (χ2n) is 7.98. The summed E-state index contributed by atoms with van der Waals surface area (Å²) in [5, 5.41) is 23.3. The number of aromatic nitrogens is 3. The number of rotatable bonds is 9. The van der Waals surface area contributed by atoms with E-state index in [0.29, 0.717) is 11.4 Å². The van der Waals surface area contributed by atoms with Gasteiger partial charge in [0.2, 0.25) is 5.95 Å². The summed E-state index contributed by atoms with van der Waals surface area (Å²) in [5.74, 6) is -2.98. The minimum Gasteiger partial charge on any atom is -0.545 e. The minimum absolute atomic E-state index is 0. The molecule has 192 valence electrons. The van der Waals surface area contributed by atoms with Gasteiger partial charge >= 0.3 is 115 Å². The van der Waals surface area contributed by atoms with Gasteiger partial charge in [-0.15, -0.1) is 4.98 Å². The van der Waals surface area contributed by atoms with Crippen molar-refractivity contribution in [2.45, 2.75) is 0 Å². The van der Waals surface area contributed by atoms with Crippen LogP contribution in [0.3, 0.4) is 0 Å². The average Bonchev–Trinajstić information content (AvgIpc) is 2.95. The number of hydrogen-bond acceptors (Lipinski definition) is 10. The number of nitrogens with zero attached hydrogens (tertiary/aromatic N) is 4. The van der Waals surface area contributed by atoms with Crippen LogP contribution in [0.5, 0.6) is 23.5 Å². The fraction of sp³-hybridized carbons (Fsp3) is 0. The number of carboxylic acids is 2. The molecule has 0 radical (unpaired) electrons. The van der Waals surface area contributed by atoms with Crippen molar-refractivity contribution in [1.29, 1.82) is 0 Å². The number of para-hydroxylation sites is 4. The van der Waals surface area contributed by atoms with Gasteiger partial charge in [-0.3, -0.25) is 4.90 Å². The Morgan fingerprint density at radius 1 is 0.537 bits per heavy atom. The number of benzene rings is 4. The molecule has 0 unspecified atom stereocenters. The van der Waals surface area contributed by atoms with Gasteiger partial charge in [0.1, 0.15) is 11.5 Å². The van der Waals surface area contributed by atoms with Crippen molar-refractivity contribution in [2.75, 3.05) is 4.90 Å². The number of carbonyl (C=O) groups is 2. The van der Waals surface area contributed by atoms with E-state index in [1.807, 2.05) is 60.7 Å². The van der Waals surface area contributed by atoms with Crippen molar-refractivity contribution >= 4 is 29.3 Å². The number of carbonyl (C=O) groups excluding carboxylic acids is 2. The van der Waals surface area contributed by atoms with Gasteiger partial charge in [0.25, 0.3) is 0 Å². The van der Waals surface area contributed by atoms with E-state index in [4.69, 9.17) is 9.47 Å². The first-order valence-corrected chi connectivity index (χ1v) is 11.6. The van der Waals surface area contributed by atoms with E-state index in [1.165, 1.54) is 36.4 Å². The van der Waals surface area contributed by atoms with Crippen LogP contribution in [0.4, 0.5) is 17.3 Å². The molecule has 0 aliphatic rings. The SMILES string of the molecule is O=C([O-])c1ccccc1Oc1nc(Oc2ccccc2C(=O)[O-])nc(N(c2ccccc2)c2ccccc2)n1.[K+].[K+]. The Labute approximate surface area is 320 Å². The van der Waals surface area contributed by atoms with Gasteiger partial charge in [0.05, 0.1) is 11.9 Å². The molecule has 1 heterocycles. The van der Waals surface area contributed by atoms with Crippen molar-refractivity contribution in [3.63, 3.8) is 0 Å². The second kappa shape index (κ2) is 15.7. The summed E-state index contributed by atoms with van der Waals surface area (Å²) in [4.78, 5) is 38.0. The fourth-order valence-electron chi connectivity index (χ4n) is 3.70. The number of hydrogen-bond donors (Lipinski definition) is 0. The number of carboxylic acid groups (broad SMARTS) is 2. The zero-order valence-corrected chi connectivity index (χ0v) is 28.4. The van der Waals surface area contributed by atoms with E-state index in [-0.39, 0.29) is 143 Å². The molecule has 41 heavy (non-hydrogen) atoms. The molecule has 0 spiro atoms. The summed E-state index contributed by atoms with van der Waals surface area (Å²) in [5.41, 5.74) is 0.952. The predicted octanol–water partition coefficient (Wildman–Crippen LogP) is -2.34. The maximum absolute atomic E-state index is 11.6. The fourth-order valence-corrected chi connectivity index (χ4v) is 3.70. The third-order valence-electron chi connectivity index (χ3n) is 5.43. The number of anilines is 3. The summed E-state index contributed by atoms with van der Waals surface area (Å²) < 4.78 is 11.5. The maximum atomic E-state index is 11.6. The Morgan fingerprint density at radius 3 is 1.29 bits per heavy atom. The molecule has 0 fully saturated rings. The maximum Gasteiger partial charge on any atom is 1.00 e. The minimum atomic E-state index is -1.45. The van der Waals surface area contributed by atoms with Gasteiger partial charge in [-0.05, 0) is 48.5 Å². The third-order valence-corrected chi connectivity index (χ3v) is 5.43. The van der Waals surface area contributed by atoms with Crippen molar-refractivity contribution in [3.8, 4) is 23.5 Å². The van der Waals surface area contributed by atoms with Gasteiger partial charge in [-0.25, -0.2) is 0 Å². The van der Waals surface area contributed by atoms with Crippen molar-refractivity contribution in [1.82, 2.24) is 15.0 Å². The van der Waals surface area contributed by atoms with Crippen LogP contribution in [0.25, 0.3) is 0 Å². The Morgan fingerprint density at radius 2 is 0.902 bits per heavy atom. The molecule has 4 aromatic carbocycles. The van der Waals surface area contributed by atoms with Crippen LogP contribution in [0.1, 0.15) is 20.7 Å². The van der Waals surface area contributed by atoms with Gasteiger partial charge in [0, 0.05) is 22.5 Å². The van der Waals surface area contributed by atoms with Crippen LogP contribution in [-0.2, 0) is 0 Å². The van der Waals surface area contributed by atoms with Gasteiger partial charge < -0.3 is 29.3 Å². The van der Waals surface area contributed by atoms with Crippen molar-refractivity contribution in [2.24, 2.45) is 0 Å². The molecule has 0 aliphatic heterocycles. The van der Waals surface area contributed by atoms with Crippen LogP contribution in [0, 0.1) is 0 Å². The molecular weight excluding hydrogens is 579 g/mol. The van der Waals surface area contributed by atoms with Crippen LogP contribution >= 0.6 is 0 Å². The van der Waals surface area contributed by atoms with Gasteiger partial charge in [-0.2, -0.15) is 9.97 Å². The average molecular weight is 597 g/mol. The Kier molecular flexibility index (Phi) is 12.6. The van der Waals surface area contributed by atoms with E-state index in [0.717, 1.165) is 0 Å². The van der Waals surface area contributed by atoms with Crippen LogP contribution in [0.15, 0.2) is 109 Å². The standard InChI is InChI=1S/C29H20N4O6.2K/c34-25(35)21-15-7-9-17-23(21)38-28-30-27(31-29(32-28)39-24-18-10-8-16-22(24)26(36)37)33(19-11-3-1-4-12-19)20-13-5-2-6-14-20;;/h1-18H,(H,34,35)(H,36,37);;/q;2*+1/p-2. The van der Waals surface area contributed by atoms with Crippen molar-refractivity contribution < 1.29 is 132 Å². The molecule has 0 N–H and O–H groups in total. The van der Waals surface area contributed by atoms with E-state index in [9.17, 15) is 19.8 Å². The molecule has 0 bridgehead atoms. The first-order valence-electron chi connectivity index (χ1n) is 11.6. The van der Waals surface area contributed by atoms with Crippen LogP contribution < -0.4 is 127 Å². The summed E-state index contributed by atoms with van der Waals surface area (Å²) in [6, 6.07) is 29.5. The molecule has 5 aromatic rings. The molecule has 0 aliphatic carbocycles. The van der Waals surface area contributed by atoms with Gasteiger partial charge in [-0.1, -0.05) is 60.7 Å². The molecule has 0 atom stereocenters. The van der Waals surface area contributed by atoms with Crippen LogP contribution in [-0.4, -0.2) is 26.9 Å². The Bertz CT molecular complexity index is 1520. The monoisotopic (exact) mass is 596 g/mol. The zero-order chi connectivity index (χ0) is 27.2. The molecule has 1 aromatic heterocycles. The summed E-state index contributed by atoms with van der Waals surface area (Å²) in [7, 11) is 0. The molecule has 12 heteroatoms. The molecule has 10 nitrogen and oxygen atoms in total. The summed E-state index contributed by atoms with van der Waals surface area (Å²) >= 11 is 0. The topological polar surface area (TPSA) is 141 Å². The molecule has 0 amide bonds. The first-order chi connectivity index (χ1) is 19.0. The molecular formula is C29H18K2N4O6. The third kappa shape index (κ3) is 8.29. The second-order valence-corrected chi connectivity index (χ2v) is 7.98. The smallest absolute Gasteiger partial charge is 0.545 e. The van der Waals surface area contributed by atoms with E-state index >= 15 is 0 Å². The van der Waals surface area contributed by atoms with E-state index < -0.39 is 11.9 Å². The van der Waals surface area contributed by atoms with Gasteiger partial charge in [0.15, 0.2) is 0 Å². The van der Waals surface area contributed by atoms with E-state index in [2.05, 4.69) is 15.0 Å². The molecule has 5 rings (SSSR count). The van der Waals surface area contributed by atoms with Crippen molar-refractivity contribution in [3.05, 3.63) is 120 Å². The van der Waals surface area contributed by atoms with Crippen LogP contribution in [0.2, 0.25) is 0 Å². The normalized spacial score (nSPS) is 9.95. The number of ether oxygens (including phenoxy) is 2. The predicted molar refractivity (Wildman–Crippen MR) is 136 cm³/mol. The first kappa shape index (κ1) is 33.0. The molecule has 0 saturated carbocycles. The Hall–Kier alpha value is -2.50. The summed E-state index contributed by atoms with van der Waals surface area (Å²) in [6.45, 7) is 0. The Balaban J connectivity index is 0.00000231. The molecule has 0 saturated heterocycles. The largest absolute Gasteiger partial charge is 1.00 e. The quantitative estimate of drug-likeness (QED) is 0.170.